The Balaban J connectivity index is 0.00000256. The first kappa shape index (κ1) is 16.5. The molecular weight excluding hydrogens is 302 g/mol. The molecule has 0 fully saturated rings. The molecule has 0 aliphatic rings. The van der Waals surface area contributed by atoms with Gasteiger partial charge in [0.25, 0.3) is 0 Å². The normalized spacial score (nSPS) is 11.8. The molecule has 0 amide bonds. The minimum atomic E-state index is -0.144. The maximum Gasteiger partial charge on any atom is 0.120 e. The predicted molar refractivity (Wildman–Crippen MR) is 78.9 cm³/mol. The molecule has 0 aliphatic heterocycles. The smallest absolute Gasteiger partial charge is 0.120 e. The molecule has 0 unspecified atom stereocenters. The van der Waals surface area contributed by atoms with Crippen molar-refractivity contribution in [3.63, 3.8) is 0 Å². The van der Waals surface area contributed by atoms with Crippen molar-refractivity contribution in [1.29, 1.82) is 0 Å². The largest absolute Gasteiger partial charge is 0.508 e. The van der Waals surface area contributed by atoms with Gasteiger partial charge < -0.3 is 10.8 Å². The Kier molecular flexibility index (Phi) is 6.83. The molecule has 0 bridgehead atoms. The summed E-state index contributed by atoms with van der Waals surface area (Å²) in [5.41, 5.74) is 8.95. The van der Waals surface area contributed by atoms with E-state index in [4.69, 9.17) is 5.73 Å². The first-order valence-electron chi connectivity index (χ1n) is 5.34. The highest BCUT2D eigenvalue weighted by molar-refractivity contribution is 9.10. The van der Waals surface area contributed by atoms with Crippen LogP contribution in [-0.4, -0.2) is 5.11 Å². The van der Waals surface area contributed by atoms with Crippen molar-refractivity contribution in [3.8, 4) is 5.75 Å². The van der Waals surface area contributed by atoms with Gasteiger partial charge in [0.2, 0.25) is 0 Å². The molecule has 1 aromatic carbocycles. The quantitative estimate of drug-likeness (QED) is 0.818. The molecule has 96 valence electrons. The molecule has 0 radical (unpaired) electrons. The molecule has 3 N–H and O–H groups in total. The Morgan fingerprint density at radius 3 is 2.65 bits per heavy atom. The second-order valence-corrected chi connectivity index (χ2v) is 4.83. The first-order chi connectivity index (χ1) is 7.49. The van der Waals surface area contributed by atoms with Crippen molar-refractivity contribution >= 4 is 28.3 Å². The van der Waals surface area contributed by atoms with Gasteiger partial charge in [-0.3, -0.25) is 0 Å². The number of benzene rings is 1. The summed E-state index contributed by atoms with van der Waals surface area (Å²) in [6.07, 6.45) is 3.49. The lowest BCUT2D eigenvalue weighted by molar-refractivity contribution is 0.457. The standard InChI is InChI=1S/C13H18BrNO.ClH/c1-4-5-6-10(15)12-9(3)13(14)8(2)7-11(12)16;/h4,7,10,16H,1,5-6,15H2,2-3H3;1H/t10-;/m0./s1. The van der Waals surface area contributed by atoms with Gasteiger partial charge in [0.1, 0.15) is 5.75 Å². The third kappa shape index (κ3) is 3.73. The van der Waals surface area contributed by atoms with Gasteiger partial charge in [-0.05, 0) is 43.9 Å². The van der Waals surface area contributed by atoms with E-state index in [1.165, 1.54) is 0 Å². The number of hydrogen-bond donors (Lipinski definition) is 2. The van der Waals surface area contributed by atoms with Crippen LogP contribution in [0.1, 0.15) is 35.6 Å². The number of phenols is 1. The zero-order chi connectivity index (χ0) is 12.3. The van der Waals surface area contributed by atoms with Gasteiger partial charge in [-0.1, -0.05) is 22.0 Å². The number of rotatable bonds is 4. The van der Waals surface area contributed by atoms with Gasteiger partial charge in [0.05, 0.1) is 0 Å². The fraction of sp³-hybridized carbons (Fsp3) is 0.385. The summed E-state index contributed by atoms with van der Waals surface area (Å²) in [5, 5.41) is 9.94. The number of aromatic hydroxyl groups is 1. The minimum Gasteiger partial charge on any atom is -0.508 e. The maximum absolute atomic E-state index is 9.94. The van der Waals surface area contributed by atoms with E-state index < -0.39 is 0 Å². The summed E-state index contributed by atoms with van der Waals surface area (Å²) in [6.45, 7) is 7.60. The lowest BCUT2D eigenvalue weighted by Crippen LogP contribution is -2.12. The molecule has 1 aromatic rings. The molecular formula is C13H19BrClNO. The Morgan fingerprint density at radius 2 is 2.12 bits per heavy atom. The average Bonchev–Trinajstić information content (AvgIpc) is 2.23. The highest BCUT2D eigenvalue weighted by Crippen LogP contribution is 2.35. The van der Waals surface area contributed by atoms with E-state index in [0.717, 1.165) is 34.0 Å². The average molecular weight is 321 g/mol. The van der Waals surface area contributed by atoms with E-state index in [1.807, 2.05) is 19.9 Å². The van der Waals surface area contributed by atoms with Crippen molar-refractivity contribution < 1.29 is 5.11 Å². The van der Waals surface area contributed by atoms with Crippen molar-refractivity contribution in [2.75, 3.05) is 0 Å². The van der Waals surface area contributed by atoms with Crippen molar-refractivity contribution in [1.82, 2.24) is 0 Å². The molecule has 1 atom stereocenters. The highest BCUT2D eigenvalue weighted by atomic mass is 79.9. The number of phenolic OH excluding ortho intramolecular Hbond substituents is 1. The van der Waals surface area contributed by atoms with Crippen LogP contribution in [0.3, 0.4) is 0 Å². The maximum atomic E-state index is 9.94. The lowest BCUT2D eigenvalue weighted by Gasteiger charge is -2.18. The first-order valence-corrected chi connectivity index (χ1v) is 6.13. The molecule has 0 saturated heterocycles. The fourth-order valence-electron chi connectivity index (χ4n) is 1.86. The van der Waals surface area contributed by atoms with Crippen molar-refractivity contribution in [3.05, 3.63) is 39.9 Å². The monoisotopic (exact) mass is 319 g/mol. The van der Waals surface area contributed by atoms with Crippen molar-refractivity contribution in [2.45, 2.75) is 32.7 Å². The number of hydrogen-bond acceptors (Lipinski definition) is 2. The number of allylic oxidation sites excluding steroid dienone is 1. The number of halogens is 2. The van der Waals surface area contributed by atoms with E-state index >= 15 is 0 Å². The van der Waals surface area contributed by atoms with Crippen LogP contribution in [0, 0.1) is 13.8 Å². The second kappa shape index (κ2) is 7.04. The topological polar surface area (TPSA) is 46.2 Å². The summed E-state index contributed by atoms with van der Waals surface area (Å²) in [5.74, 6) is 0.287. The molecule has 0 aliphatic carbocycles. The van der Waals surface area contributed by atoms with E-state index in [9.17, 15) is 5.11 Å². The molecule has 17 heavy (non-hydrogen) atoms. The summed E-state index contributed by atoms with van der Waals surface area (Å²) in [6, 6.07) is 1.61. The van der Waals surface area contributed by atoms with Crippen LogP contribution < -0.4 is 5.73 Å². The fourth-order valence-corrected chi connectivity index (χ4v) is 2.19. The summed E-state index contributed by atoms with van der Waals surface area (Å²) in [7, 11) is 0. The van der Waals surface area contributed by atoms with Gasteiger partial charge in [-0.2, -0.15) is 0 Å². The van der Waals surface area contributed by atoms with E-state index in [0.29, 0.717) is 0 Å². The van der Waals surface area contributed by atoms with Crippen LogP contribution >= 0.6 is 28.3 Å². The van der Waals surface area contributed by atoms with Gasteiger partial charge in [-0.15, -0.1) is 19.0 Å². The van der Waals surface area contributed by atoms with Gasteiger partial charge in [0, 0.05) is 16.1 Å². The van der Waals surface area contributed by atoms with Gasteiger partial charge >= 0.3 is 0 Å². The molecule has 0 spiro atoms. The number of nitrogens with two attached hydrogens (primary N) is 1. The molecule has 2 nitrogen and oxygen atoms in total. The molecule has 1 rings (SSSR count). The van der Waals surface area contributed by atoms with E-state index in [1.54, 1.807) is 6.07 Å². The zero-order valence-corrected chi connectivity index (χ0v) is 12.6. The molecule has 0 aromatic heterocycles. The Hall–Kier alpha value is -0.510. The highest BCUT2D eigenvalue weighted by Gasteiger charge is 2.16. The Bertz CT molecular complexity index is 407. The third-order valence-corrected chi connectivity index (χ3v) is 3.98. The third-order valence-electron chi connectivity index (χ3n) is 2.76. The SMILES string of the molecule is C=CCC[C@H](N)c1c(O)cc(C)c(Br)c1C.Cl. The van der Waals surface area contributed by atoms with E-state index in [2.05, 4.69) is 22.5 Å². The molecule has 0 heterocycles. The molecule has 0 saturated carbocycles. The Morgan fingerprint density at radius 1 is 1.53 bits per heavy atom. The predicted octanol–water partition coefficient (Wildman–Crippen LogP) is 4.16. The summed E-state index contributed by atoms with van der Waals surface area (Å²) < 4.78 is 1.02. The minimum absolute atomic E-state index is 0. The van der Waals surface area contributed by atoms with Crippen LogP contribution in [0.15, 0.2) is 23.2 Å². The second-order valence-electron chi connectivity index (χ2n) is 4.04. The van der Waals surface area contributed by atoms with E-state index in [-0.39, 0.29) is 24.2 Å². The summed E-state index contributed by atoms with van der Waals surface area (Å²) in [4.78, 5) is 0. The van der Waals surface area contributed by atoms with Gasteiger partial charge in [-0.25, -0.2) is 0 Å². The zero-order valence-electron chi connectivity index (χ0n) is 10.2. The molecule has 4 heteroatoms. The van der Waals surface area contributed by atoms with Gasteiger partial charge in [0.15, 0.2) is 0 Å². The van der Waals surface area contributed by atoms with Crippen LogP contribution in [0.2, 0.25) is 0 Å². The van der Waals surface area contributed by atoms with Crippen LogP contribution in [0.4, 0.5) is 0 Å². The lowest BCUT2D eigenvalue weighted by atomic mass is 9.95. The van der Waals surface area contributed by atoms with Crippen LogP contribution in [0.5, 0.6) is 5.75 Å². The Labute approximate surface area is 117 Å². The van der Waals surface area contributed by atoms with Crippen LogP contribution in [-0.2, 0) is 0 Å². The number of aryl methyl sites for hydroxylation is 1. The van der Waals surface area contributed by atoms with Crippen molar-refractivity contribution in [2.24, 2.45) is 5.73 Å². The summed E-state index contributed by atoms with van der Waals surface area (Å²) >= 11 is 3.51. The van der Waals surface area contributed by atoms with Crippen LogP contribution in [0.25, 0.3) is 0 Å².